The number of thiol groups is 1. The summed E-state index contributed by atoms with van der Waals surface area (Å²) in [5.41, 5.74) is 17.0. The summed E-state index contributed by atoms with van der Waals surface area (Å²) in [7, 11) is 0. The first-order valence-electron chi connectivity index (χ1n) is 9.04. The van der Waals surface area contributed by atoms with E-state index < -0.39 is 35.9 Å². The number of guanidine groups is 1. The number of carboxylic acid groups (broad SMARTS) is 1. The van der Waals surface area contributed by atoms with E-state index in [9.17, 15) is 19.5 Å². The van der Waals surface area contributed by atoms with Crippen LogP contribution >= 0.6 is 12.6 Å². The Kier molecular flexibility index (Phi) is 10.6. The second-order valence-electron chi connectivity index (χ2n) is 6.39. The zero-order valence-electron chi connectivity index (χ0n) is 16.0. The van der Waals surface area contributed by atoms with Crippen molar-refractivity contribution in [3.8, 4) is 0 Å². The molecule has 0 spiro atoms. The van der Waals surface area contributed by atoms with Crippen molar-refractivity contribution in [2.75, 3.05) is 12.3 Å². The number of amides is 2. The van der Waals surface area contributed by atoms with Crippen LogP contribution in [0.2, 0.25) is 0 Å². The first kappa shape index (κ1) is 24.2. The van der Waals surface area contributed by atoms with Gasteiger partial charge in [-0.3, -0.25) is 14.6 Å². The van der Waals surface area contributed by atoms with Crippen LogP contribution in [-0.2, 0) is 20.8 Å². The van der Waals surface area contributed by atoms with Crippen LogP contribution in [0.1, 0.15) is 18.4 Å². The van der Waals surface area contributed by atoms with E-state index in [0.29, 0.717) is 19.4 Å². The first-order valence-corrected chi connectivity index (χ1v) is 9.67. The Labute approximate surface area is 174 Å². The fourth-order valence-corrected chi connectivity index (χ4v) is 2.70. The Morgan fingerprint density at radius 1 is 1.07 bits per heavy atom. The van der Waals surface area contributed by atoms with Crippen LogP contribution in [0.3, 0.4) is 0 Å². The van der Waals surface area contributed by atoms with Gasteiger partial charge in [-0.2, -0.15) is 12.6 Å². The molecule has 1 aromatic carbocycles. The minimum atomic E-state index is -1.18. The Morgan fingerprint density at radius 3 is 2.24 bits per heavy atom. The standard InChI is InChI=1S/C18H28N6O4S/c19-12(7-4-8-22-18(20)21)15(25)24-14(10-29)16(26)23-13(17(27)28)9-11-5-2-1-3-6-11/h1-3,5-6,12-14,29H,4,7-10,19H2,(H,23,26)(H,24,25)(H,27,28)(H4,20,21,22)/t12-,13-,14-/m0/s1. The minimum Gasteiger partial charge on any atom is -0.480 e. The van der Waals surface area contributed by atoms with Crippen molar-refractivity contribution in [3.05, 3.63) is 35.9 Å². The third-order valence-corrected chi connectivity index (χ3v) is 4.38. The van der Waals surface area contributed by atoms with Crippen molar-refractivity contribution in [3.63, 3.8) is 0 Å². The van der Waals surface area contributed by atoms with Gasteiger partial charge in [-0.05, 0) is 18.4 Å². The molecular weight excluding hydrogens is 396 g/mol. The largest absolute Gasteiger partial charge is 0.480 e. The molecule has 9 N–H and O–H groups in total. The van der Waals surface area contributed by atoms with E-state index in [1.165, 1.54) is 0 Å². The number of carbonyl (C=O) groups excluding carboxylic acids is 2. The van der Waals surface area contributed by atoms with Gasteiger partial charge < -0.3 is 32.9 Å². The van der Waals surface area contributed by atoms with Crippen LogP contribution in [0.15, 0.2) is 35.3 Å². The van der Waals surface area contributed by atoms with Crippen LogP contribution in [0.5, 0.6) is 0 Å². The Balaban J connectivity index is 2.61. The lowest BCUT2D eigenvalue weighted by Gasteiger charge is -2.21. The first-order chi connectivity index (χ1) is 13.7. The highest BCUT2D eigenvalue weighted by Gasteiger charge is 2.27. The molecule has 2 amide bonds. The van der Waals surface area contributed by atoms with Crippen molar-refractivity contribution in [1.29, 1.82) is 0 Å². The van der Waals surface area contributed by atoms with Crippen LogP contribution in [-0.4, -0.2) is 59.3 Å². The van der Waals surface area contributed by atoms with Crippen LogP contribution in [0.25, 0.3) is 0 Å². The molecule has 0 radical (unpaired) electrons. The molecule has 0 fully saturated rings. The van der Waals surface area contributed by atoms with E-state index in [2.05, 4.69) is 28.3 Å². The Hall–Kier alpha value is -2.79. The van der Waals surface area contributed by atoms with Crippen molar-refractivity contribution < 1.29 is 19.5 Å². The molecule has 0 unspecified atom stereocenters. The number of benzene rings is 1. The topological polar surface area (TPSA) is 186 Å². The normalized spacial score (nSPS) is 13.6. The summed E-state index contributed by atoms with van der Waals surface area (Å²) in [6, 6.07) is 5.87. The van der Waals surface area contributed by atoms with E-state index in [1.807, 2.05) is 6.07 Å². The Morgan fingerprint density at radius 2 is 1.69 bits per heavy atom. The molecule has 0 aliphatic carbocycles. The van der Waals surface area contributed by atoms with Crippen LogP contribution in [0.4, 0.5) is 0 Å². The van der Waals surface area contributed by atoms with E-state index in [4.69, 9.17) is 17.2 Å². The Bertz CT molecular complexity index is 712. The number of hydrogen-bond acceptors (Lipinski definition) is 6. The molecule has 0 bridgehead atoms. The molecule has 3 atom stereocenters. The highest BCUT2D eigenvalue weighted by Crippen LogP contribution is 2.04. The maximum atomic E-state index is 12.4. The smallest absolute Gasteiger partial charge is 0.326 e. The lowest BCUT2D eigenvalue weighted by atomic mass is 10.1. The predicted molar refractivity (Wildman–Crippen MR) is 113 cm³/mol. The summed E-state index contributed by atoms with van der Waals surface area (Å²) < 4.78 is 0. The second kappa shape index (κ2) is 12.6. The summed E-state index contributed by atoms with van der Waals surface area (Å²) in [4.78, 5) is 40.0. The summed E-state index contributed by atoms with van der Waals surface area (Å²) >= 11 is 4.07. The van der Waals surface area contributed by atoms with E-state index in [0.717, 1.165) is 5.56 Å². The van der Waals surface area contributed by atoms with Gasteiger partial charge in [0.2, 0.25) is 11.8 Å². The molecule has 10 nitrogen and oxygen atoms in total. The summed E-state index contributed by atoms with van der Waals surface area (Å²) in [6.07, 6.45) is 0.914. The fourth-order valence-electron chi connectivity index (χ4n) is 2.45. The van der Waals surface area contributed by atoms with Gasteiger partial charge in [0.25, 0.3) is 0 Å². The maximum absolute atomic E-state index is 12.4. The number of rotatable bonds is 12. The van der Waals surface area contributed by atoms with Crippen molar-refractivity contribution in [2.45, 2.75) is 37.4 Å². The molecule has 0 heterocycles. The van der Waals surface area contributed by atoms with Gasteiger partial charge in [0, 0.05) is 18.7 Å². The molecule has 0 aromatic heterocycles. The molecule has 29 heavy (non-hydrogen) atoms. The number of aliphatic imine (C=N–C) groups is 1. The van der Waals surface area contributed by atoms with Crippen molar-refractivity contribution >= 4 is 36.4 Å². The molecule has 0 aliphatic rings. The third kappa shape index (κ3) is 9.30. The molecule has 1 rings (SSSR count). The van der Waals surface area contributed by atoms with Crippen molar-refractivity contribution in [1.82, 2.24) is 10.6 Å². The molecule has 1 aromatic rings. The molecule has 160 valence electrons. The highest BCUT2D eigenvalue weighted by molar-refractivity contribution is 7.80. The number of hydrogen-bond donors (Lipinski definition) is 7. The zero-order valence-corrected chi connectivity index (χ0v) is 16.8. The van der Waals surface area contributed by atoms with Gasteiger partial charge in [-0.25, -0.2) is 4.79 Å². The van der Waals surface area contributed by atoms with Gasteiger partial charge in [-0.15, -0.1) is 0 Å². The monoisotopic (exact) mass is 424 g/mol. The van der Waals surface area contributed by atoms with Crippen LogP contribution < -0.4 is 27.8 Å². The predicted octanol–water partition coefficient (Wildman–Crippen LogP) is -1.41. The minimum absolute atomic E-state index is 0.0179. The lowest BCUT2D eigenvalue weighted by Crippen LogP contribution is -2.55. The van der Waals surface area contributed by atoms with E-state index in [1.54, 1.807) is 24.3 Å². The maximum Gasteiger partial charge on any atom is 0.326 e. The van der Waals surface area contributed by atoms with Gasteiger partial charge >= 0.3 is 5.97 Å². The van der Waals surface area contributed by atoms with E-state index >= 15 is 0 Å². The average Bonchev–Trinajstić information content (AvgIpc) is 2.68. The van der Waals surface area contributed by atoms with Gasteiger partial charge in [0.15, 0.2) is 5.96 Å². The number of aliphatic carboxylic acids is 1. The number of nitrogens with zero attached hydrogens (tertiary/aromatic N) is 1. The highest BCUT2D eigenvalue weighted by atomic mass is 32.1. The third-order valence-electron chi connectivity index (χ3n) is 4.02. The zero-order chi connectivity index (χ0) is 21.8. The quantitative estimate of drug-likeness (QED) is 0.0929. The van der Waals surface area contributed by atoms with Gasteiger partial charge in [0.05, 0.1) is 6.04 Å². The number of carbonyl (C=O) groups is 3. The number of carboxylic acids is 1. The lowest BCUT2D eigenvalue weighted by molar-refractivity contribution is -0.142. The summed E-state index contributed by atoms with van der Waals surface area (Å²) in [5.74, 6) is -2.43. The number of nitrogens with two attached hydrogens (primary N) is 3. The van der Waals surface area contributed by atoms with Crippen LogP contribution in [0, 0.1) is 0 Å². The molecule has 11 heteroatoms. The average molecular weight is 425 g/mol. The molecule has 0 aliphatic heterocycles. The molecular formula is C18H28N6O4S. The fraction of sp³-hybridized carbons (Fsp3) is 0.444. The van der Waals surface area contributed by atoms with Gasteiger partial charge in [0.1, 0.15) is 12.1 Å². The summed E-state index contributed by atoms with van der Waals surface area (Å²) in [6.45, 7) is 0.333. The van der Waals surface area contributed by atoms with E-state index in [-0.39, 0.29) is 18.1 Å². The van der Waals surface area contributed by atoms with Gasteiger partial charge in [-0.1, -0.05) is 30.3 Å². The second-order valence-corrected chi connectivity index (χ2v) is 6.75. The summed E-state index contributed by atoms with van der Waals surface area (Å²) in [5, 5.41) is 14.3. The SMILES string of the molecule is NC(N)=NCCC[C@H](N)C(=O)N[C@@H](CS)C(=O)N[C@@H](Cc1ccccc1)C(=O)O. The molecule has 0 saturated carbocycles. The van der Waals surface area contributed by atoms with Crippen molar-refractivity contribution in [2.24, 2.45) is 22.2 Å². The number of nitrogens with one attached hydrogen (secondary N) is 2. The molecule has 0 saturated heterocycles.